The first kappa shape index (κ1) is 21.9. The van der Waals surface area contributed by atoms with Gasteiger partial charge in [-0.1, -0.05) is 12.1 Å². The molecule has 3 atom stereocenters. The van der Waals surface area contributed by atoms with Crippen LogP contribution in [-0.2, 0) is 15.8 Å². The molecule has 0 radical (unpaired) electrons. The van der Waals surface area contributed by atoms with E-state index in [9.17, 15) is 22.8 Å². The number of aromatic nitrogens is 2. The van der Waals surface area contributed by atoms with Gasteiger partial charge < -0.3 is 15.2 Å². The molecule has 1 heterocycles. The molecule has 1 aliphatic rings. The second kappa shape index (κ2) is 8.29. The van der Waals surface area contributed by atoms with Crippen molar-refractivity contribution in [1.82, 2.24) is 15.3 Å². The number of hydrogen-bond donors (Lipinski definition) is 2. The number of rotatable bonds is 6. The predicted octanol–water partition coefficient (Wildman–Crippen LogP) is 4.24. The molecule has 2 aromatic carbocycles. The quantitative estimate of drug-likeness (QED) is 0.597. The van der Waals surface area contributed by atoms with Crippen molar-refractivity contribution in [2.75, 3.05) is 11.9 Å². The molecule has 0 saturated heterocycles. The normalized spacial score (nSPS) is 18.9. The van der Waals surface area contributed by atoms with E-state index >= 15 is 0 Å². The zero-order valence-electron chi connectivity index (χ0n) is 17.6. The summed E-state index contributed by atoms with van der Waals surface area (Å²) in [5.74, 6) is 0.563. The lowest BCUT2D eigenvalue weighted by Gasteiger charge is -2.22. The summed E-state index contributed by atoms with van der Waals surface area (Å²) >= 11 is 0. The lowest BCUT2D eigenvalue weighted by Crippen LogP contribution is -2.45. The highest BCUT2D eigenvalue weighted by Crippen LogP contribution is 2.48. The van der Waals surface area contributed by atoms with Crippen LogP contribution in [0.5, 0.6) is 0 Å². The minimum Gasteiger partial charge on any atom is -0.345 e. The molecule has 2 N–H and O–H groups in total. The molecular weight excluding hydrogens is 421 g/mol. The van der Waals surface area contributed by atoms with E-state index in [0.29, 0.717) is 5.69 Å². The highest BCUT2D eigenvalue weighted by molar-refractivity contribution is 5.98. The van der Waals surface area contributed by atoms with Crippen LogP contribution < -0.4 is 10.2 Å². The topological polar surface area (TPSA) is 78.1 Å². The number of hydrogen-bond acceptors (Lipinski definition) is 3. The van der Waals surface area contributed by atoms with Crippen LogP contribution >= 0.6 is 0 Å². The minimum atomic E-state index is -4.44. The number of anilines is 1. The molecule has 1 aliphatic carbocycles. The fraction of sp³-hybridized carbons (Fsp3) is 0.348. The molecule has 9 heteroatoms. The standard InChI is InChI=1S/C23H23F3N4O2/c1-13(22(32)30(2)16-9-7-15(8-10-16)23(24,25)26)27-20(31)12-14-11-17(14)21-28-18-5-3-4-6-19(18)29-21/h3-10,13-14,17H,11-12H2,1-2H3,(H,27,31)(H,28,29)/t13?,14-,17+/m0/s1. The third kappa shape index (κ3) is 4.61. The van der Waals surface area contributed by atoms with Crippen LogP contribution in [0, 0.1) is 5.92 Å². The van der Waals surface area contributed by atoms with Crippen LogP contribution in [0.25, 0.3) is 11.0 Å². The van der Waals surface area contributed by atoms with Gasteiger partial charge in [0.25, 0.3) is 0 Å². The van der Waals surface area contributed by atoms with Gasteiger partial charge in [-0.05, 0) is 55.7 Å². The number of H-pyrrole nitrogens is 1. The fourth-order valence-corrected chi connectivity index (χ4v) is 3.85. The molecule has 2 amide bonds. The molecule has 0 aliphatic heterocycles. The molecule has 32 heavy (non-hydrogen) atoms. The van der Waals surface area contributed by atoms with Gasteiger partial charge in [-0.3, -0.25) is 9.59 Å². The summed E-state index contributed by atoms with van der Waals surface area (Å²) in [6, 6.07) is 11.2. The van der Waals surface area contributed by atoms with Gasteiger partial charge in [0, 0.05) is 25.1 Å². The van der Waals surface area contributed by atoms with Crippen LogP contribution in [0.2, 0.25) is 0 Å². The van der Waals surface area contributed by atoms with E-state index in [4.69, 9.17) is 0 Å². The highest BCUT2D eigenvalue weighted by Gasteiger charge is 2.42. The Balaban J connectivity index is 1.30. The number of imidazole rings is 1. The fourth-order valence-electron chi connectivity index (χ4n) is 3.85. The van der Waals surface area contributed by atoms with Gasteiger partial charge in [0.05, 0.1) is 16.6 Å². The van der Waals surface area contributed by atoms with Gasteiger partial charge in [0.15, 0.2) is 0 Å². The van der Waals surface area contributed by atoms with Crippen LogP contribution in [0.15, 0.2) is 48.5 Å². The molecule has 4 rings (SSSR count). The Hall–Kier alpha value is -3.36. The van der Waals surface area contributed by atoms with E-state index in [1.54, 1.807) is 6.92 Å². The number of benzene rings is 2. The van der Waals surface area contributed by atoms with Gasteiger partial charge in [-0.15, -0.1) is 0 Å². The van der Waals surface area contributed by atoms with Gasteiger partial charge in [0.2, 0.25) is 11.8 Å². The van der Waals surface area contributed by atoms with E-state index in [1.807, 2.05) is 24.3 Å². The Morgan fingerprint density at radius 2 is 1.88 bits per heavy atom. The molecular formula is C23H23F3N4O2. The average Bonchev–Trinajstić information content (AvgIpc) is 3.37. The first-order valence-corrected chi connectivity index (χ1v) is 10.3. The number of halogens is 3. The summed E-state index contributed by atoms with van der Waals surface area (Å²) in [4.78, 5) is 34.2. The number of alkyl halides is 3. The van der Waals surface area contributed by atoms with Crippen molar-refractivity contribution in [3.05, 3.63) is 59.9 Å². The molecule has 168 valence electrons. The predicted molar refractivity (Wildman–Crippen MR) is 114 cm³/mol. The van der Waals surface area contributed by atoms with Gasteiger partial charge in [0.1, 0.15) is 11.9 Å². The summed E-state index contributed by atoms with van der Waals surface area (Å²) in [6.07, 6.45) is -3.31. The molecule has 0 bridgehead atoms. The summed E-state index contributed by atoms with van der Waals surface area (Å²) in [5.41, 5.74) is 1.38. The largest absolute Gasteiger partial charge is 0.416 e. The molecule has 3 aromatic rings. The Morgan fingerprint density at radius 1 is 1.19 bits per heavy atom. The van der Waals surface area contributed by atoms with Crippen molar-refractivity contribution in [2.45, 2.75) is 37.9 Å². The SMILES string of the molecule is CC(NC(=O)C[C@@H]1C[C@H]1c1nc2ccccc2[nH]1)C(=O)N(C)c1ccc(C(F)(F)F)cc1. The van der Waals surface area contributed by atoms with Gasteiger partial charge >= 0.3 is 6.18 Å². The molecule has 1 saturated carbocycles. The Kier molecular flexibility index (Phi) is 5.66. The number of nitrogens with zero attached hydrogens (tertiary/aromatic N) is 2. The lowest BCUT2D eigenvalue weighted by molar-refractivity contribution is -0.137. The summed E-state index contributed by atoms with van der Waals surface area (Å²) in [7, 11) is 1.46. The number of carbonyl (C=O) groups excluding carboxylic acids is 2. The number of likely N-dealkylation sites (N-methyl/N-ethyl adjacent to an activating group) is 1. The number of amides is 2. The van der Waals surface area contributed by atoms with Crippen molar-refractivity contribution in [3.8, 4) is 0 Å². The monoisotopic (exact) mass is 444 g/mol. The summed E-state index contributed by atoms with van der Waals surface area (Å²) in [6.45, 7) is 1.56. The Bertz CT molecular complexity index is 1110. The van der Waals surface area contributed by atoms with Crippen LogP contribution in [0.4, 0.5) is 18.9 Å². The number of fused-ring (bicyclic) bond motifs is 1. The number of para-hydroxylation sites is 2. The Morgan fingerprint density at radius 3 is 2.53 bits per heavy atom. The maximum Gasteiger partial charge on any atom is 0.416 e. The third-order valence-electron chi connectivity index (χ3n) is 5.79. The van der Waals surface area contributed by atoms with E-state index in [0.717, 1.165) is 35.4 Å². The maximum absolute atomic E-state index is 12.7. The van der Waals surface area contributed by atoms with Crippen molar-refractivity contribution < 1.29 is 22.8 Å². The number of nitrogens with one attached hydrogen (secondary N) is 2. The first-order valence-electron chi connectivity index (χ1n) is 10.3. The zero-order valence-corrected chi connectivity index (χ0v) is 17.6. The van der Waals surface area contributed by atoms with Crippen molar-refractivity contribution >= 4 is 28.5 Å². The van der Waals surface area contributed by atoms with Crippen molar-refractivity contribution in [2.24, 2.45) is 5.92 Å². The lowest BCUT2D eigenvalue weighted by atomic mass is 10.1. The second-order valence-electron chi connectivity index (χ2n) is 8.18. The Labute approximate surface area is 182 Å². The van der Waals surface area contributed by atoms with E-state index in [2.05, 4.69) is 15.3 Å². The van der Waals surface area contributed by atoms with E-state index in [1.165, 1.54) is 24.1 Å². The van der Waals surface area contributed by atoms with Gasteiger partial charge in [-0.25, -0.2) is 4.98 Å². The van der Waals surface area contributed by atoms with E-state index in [-0.39, 0.29) is 24.2 Å². The molecule has 1 fully saturated rings. The minimum absolute atomic E-state index is 0.158. The highest BCUT2D eigenvalue weighted by atomic mass is 19.4. The zero-order chi connectivity index (χ0) is 23.0. The molecule has 1 aromatic heterocycles. The first-order chi connectivity index (χ1) is 15.1. The summed E-state index contributed by atoms with van der Waals surface area (Å²) < 4.78 is 38.1. The number of carbonyl (C=O) groups is 2. The van der Waals surface area contributed by atoms with Crippen LogP contribution in [0.3, 0.4) is 0 Å². The van der Waals surface area contributed by atoms with Crippen LogP contribution in [0.1, 0.15) is 37.1 Å². The smallest absolute Gasteiger partial charge is 0.345 e. The third-order valence-corrected chi connectivity index (χ3v) is 5.79. The van der Waals surface area contributed by atoms with Crippen molar-refractivity contribution in [1.29, 1.82) is 0 Å². The van der Waals surface area contributed by atoms with Crippen molar-refractivity contribution in [3.63, 3.8) is 0 Å². The van der Waals surface area contributed by atoms with Gasteiger partial charge in [-0.2, -0.15) is 13.2 Å². The second-order valence-corrected chi connectivity index (χ2v) is 8.18. The van der Waals surface area contributed by atoms with E-state index < -0.39 is 23.7 Å². The van der Waals surface area contributed by atoms with Crippen LogP contribution in [-0.4, -0.2) is 34.9 Å². The number of aromatic amines is 1. The maximum atomic E-state index is 12.7. The molecule has 1 unspecified atom stereocenters. The molecule has 6 nitrogen and oxygen atoms in total. The average molecular weight is 444 g/mol. The summed E-state index contributed by atoms with van der Waals surface area (Å²) in [5, 5.41) is 2.70. The molecule has 0 spiro atoms.